The fraction of sp³-hybridized carbons (Fsp3) is 1.00. The van der Waals surface area contributed by atoms with Crippen molar-refractivity contribution in [2.24, 2.45) is 0 Å². The zero-order valence-electron chi connectivity index (χ0n) is 35.8. The third-order valence-corrected chi connectivity index (χ3v) is 15.4. The van der Waals surface area contributed by atoms with Crippen LogP contribution in [0.15, 0.2) is 0 Å². The molecule has 0 aromatic carbocycles. The fourth-order valence-corrected chi connectivity index (χ4v) is 11.7. The number of rotatable bonds is 47. The number of aliphatic hydroxyl groups is 1. The van der Waals surface area contributed by atoms with E-state index < -0.39 is 39.8 Å². The van der Waals surface area contributed by atoms with Gasteiger partial charge >= 0.3 is 273 Å². The summed E-state index contributed by atoms with van der Waals surface area (Å²) < 4.78 is 54.8. The Morgan fingerprint density at radius 2 is 0.909 bits per heavy atom. The average molecular weight is 898 g/mol. The molecule has 55 heavy (non-hydrogen) atoms. The summed E-state index contributed by atoms with van der Waals surface area (Å²) in [6.45, 7) is 5.82. The maximum atomic E-state index is 13.4. The molecule has 0 spiro atoms. The Morgan fingerprint density at radius 3 is 1.33 bits per heavy atom. The number of hydrogen-bond acceptors (Lipinski definition) is 8. The molecule has 0 radical (unpaired) electrons. The number of phosphoric acid groups is 1. The van der Waals surface area contributed by atoms with Crippen molar-refractivity contribution in [2.75, 3.05) is 46.1 Å². The third kappa shape index (κ3) is 42.5. The predicted molar refractivity (Wildman–Crippen MR) is 222 cm³/mol. The molecule has 9 nitrogen and oxygen atoms in total. The van der Waals surface area contributed by atoms with Crippen molar-refractivity contribution in [1.29, 1.82) is 0 Å². The van der Waals surface area contributed by atoms with Crippen molar-refractivity contribution < 1.29 is 63.3 Å². The Balaban J connectivity index is 4.39. The van der Waals surface area contributed by atoms with Crippen LogP contribution in [0.2, 0.25) is 20.9 Å². The van der Waals surface area contributed by atoms with Gasteiger partial charge in [0.05, 0.1) is 6.61 Å². The molecule has 0 amide bonds. The monoisotopic (exact) mass is 898 g/mol. The SMILES string of the molecule is CCCCCCCCCCCCCCCC[CH2][Co](=[O])[CH2][CH](COP(=O)(O)OCCNCCOCCO)[Co](=[O])[CH2]CCCCCCCCCCCCCCCC. The molecule has 0 aliphatic rings. The van der Waals surface area contributed by atoms with E-state index in [9.17, 15) is 17.2 Å². The van der Waals surface area contributed by atoms with Crippen LogP contribution >= 0.6 is 7.82 Å². The number of aliphatic hydroxyl groups excluding tert-OH is 1. The number of hydrogen-bond donors (Lipinski definition) is 3. The minimum atomic E-state index is -4.34. The number of unbranched alkanes of at least 4 members (excludes halogenated alkanes) is 28. The Morgan fingerprint density at radius 1 is 0.527 bits per heavy atom. The normalized spacial score (nSPS) is 14.0. The molecule has 0 bridgehead atoms. The van der Waals surface area contributed by atoms with Crippen LogP contribution in [0, 0.1) is 0 Å². The number of nitrogens with one attached hydrogen (secondary N) is 1. The van der Waals surface area contributed by atoms with E-state index in [4.69, 9.17) is 18.9 Å². The van der Waals surface area contributed by atoms with Gasteiger partial charge in [-0.25, -0.2) is 0 Å². The van der Waals surface area contributed by atoms with Crippen molar-refractivity contribution in [3.8, 4) is 0 Å². The van der Waals surface area contributed by atoms with Gasteiger partial charge in [-0.1, -0.05) is 65.2 Å². The van der Waals surface area contributed by atoms with E-state index in [0.29, 0.717) is 30.4 Å². The smallest absolute Gasteiger partial charge is 0.0654 e. The molecule has 0 aliphatic heterocycles. The molecular formula is C43H90Co2NO8P. The Bertz CT molecular complexity index is 888. The molecule has 338 valence electrons. The van der Waals surface area contributed by atoms with Crippen LogP contribution in [-0.4, -0.2) is 56.1 Å². The molecule has 12 heteroatoms. The van der Waals surface area contributed by atoms with Gasteiger partial charge in [0.1, 0.15) is 0 Å². The molecule has 0 aromatic heterocycles. The molecule has 2 unspecified atom stereocenters. The van der Waals surface area contributed by atoms with Crippen molar-refractivity contribution in [2.45, 2.75) is 227 Å². The van der Waals surface area contributed by atoms with Crippen LogP contribution in [0.3, 0.4) is 0 Å². The second-order valence-corrected chi connectivity index (χ2v) is 21.1. The first-order chi connectivity index (χ1) is 26.9. The van der Waals surface area contributed by atoms with Crippen LogP contribution in [0.4, 0.5) is 0 Å². The van der Waals surface area contributed by atoms with Crippen LogP contribution in [0.25, 0.3) is 0 Å². The van der Waals surface area contributed by atoms with Gasteiger partial charge < -0.3 is 5.11 Å². The summed E-state index contributed by atoms with van der Waals surface area (Å²) in [6, 6.07) is 0. The van der Waals surface area contributed by atoms with E-state index in [2.05, 4.69) is 19.2 Å². The summed E-state index contributed by atoms with van der Waals surface area (Å²) in [7, 11) is -4.34. The van der Waals surface area contributed by atoms with Gasteiger partial charge in [-0.15, -0.1) is 0 Å². The molecule has 0 fully saturated rings. The summed E-state index contributed by atoms with van der Waals surface area (Å²) in [4.78, 5) is 9.76. The van der Waals surface area contributed by atoms with Crippen molar-refractivity contribution in [3.05, 3.63) is 0 Å². The molecule has 0 aromatic rings. The van der Waals surface area contributed by atoms with Crippen molar-refractivity contribution in [1.82, 2.24) is 5.32 Å². The molecule has 0 aliphatic carbocycles. The van der Waals surface area contributed by atoms with Crippen molar-refractivity contribution >= 4 is 7.82 Å². The van der Waals surface area contributed by atoms with Gasteiger partial charge in [-0.2, -0.15) is 0 Å². The van der Waals surface area contributed by atoms with E-state index in [1.807, 2.05) is 0 Å². The third-order valence-electron chi connectivity index (χ3n) is 9.99. The molecule has 2 atom stereocenters. The number of phosphoric ester groups is 1. The van der Waals surface area contributed by atoms with E-state index in [1.54, 1.807) is 0 Å². The van der Waals surface area contributed by atoms with Gasteiger partial charge in [0.15, 0.2) is 0 Å². The first kappa shape index (κ1) is 55.6. The standard InChI is InChI=1S/2C17H35.C9H20NO6P.2Co.2O/c2*1-3-5-7-9-11-13-15-17-16-14-12-10-8-6-4-2;1-2-6-15-17(12,13)16-8-4-10-3-7-14-9-5-11;;;;/h2*1,3-17H2,2H3;2,10-11H,1,3-9H2,(H,12,13);;;;. The van der Waals surface area contributed by atoms with E-state index in [1.165, 1.54) is 154 Å². The average Bonchev–Trinajstić information content (AvgIpc) is 3.17. The van der Waals surface area contributed by atoms with Crippen LogP contribution in [0.1, 0.15) is 206 Å². The van der Waals surface area contributed by atoms with Crippen LogP contribution in [-0.2, 0) is 53.3 Å². The van der Waals surface area contributed by atoms with Gasteiger partial charge in [0.2, 0.25) is 0 Å². The molecular weight excluding hydrogens is 807 g/mol. The van der Waals surface area contributed by atoms with Crippen LogP contribution < -0.4 is 5.32 Å². The molecule has 0 heterocycles. The second kappa shape index (κ2) is 44.2. The first-order valence-electron chi connectivity index (χ1n) is 22.8. The summed E-state index contributed by atoms with van der Waals surface area (Å²) in [5.41, 5.74) is 0. The Labute approximate surface area is 348 Å². The van der Waals surface area contributed by atoms with Gasteiger partial charge in [0, 0.05) is 0 Å². The molecule has 3 N–H and O–H groups in total. The zero-order valence-corrected chi connectivity index (χ0v) is 38.8. The fourth-order valence-electron chi connectivity index (χ4n) is 6.55. The second-order valence-electron chi connectivity index (χ2n) is 15.3. The van der Waals surface area contributed by atoms with Crippen LogP contribution in [0.5, 0.6) is 0 Å². The van der Waals surface area contributed by atoms with Gasteiger partial charge in [-0.05, 0) is 0 Å². The minimum absolute atomic E-state index is 0.0309. The summed E-state index contributed by atoms with van der Waals surface area (Å²) >= 11 is -3.24. The minimum Gasteiger partial charge on any atom is -0.0654 e. The summed E-state index contributed by atoms with van der Waals surface area (Å²) in [6.07, 6.45) is 38.3. The maximum absolute atomic E-state index is 13.4. The van der Waals surface area contributed by atoms with E-state index in [-0.39, 0.29) is 31.8 Å². The van der Waals surface area contributed by atoms with Crippen molar-refractivity contribution in [3.63, 3.8) is 0 Å². The van der Waals surface area contributed by atoms with E-state index in [0.717, 1.165) is 38.5 Å². The molecule has 0 rings (SSSR count). The molecule has 0 saturated carbocycles. The predicted octanol–water partition coefficient (Wildman–Crippen LogP) is 13.4. The number of ether oxygens (including phenoxy) is 1. The zero-order chi connectivity index (χ0) is 40.3. The van der Waals surface area contributed by atoms with Gasteiger partial charge in [-0.3, -0.25) is 0 Å². The summed E-state index contributed by atoms with van der Waals surface area (Å²) in [5.74, 6) is 0. The Hall–Kier alpha value is 0.603. The van der Waals surface area contributed by atoms with E-state index >= 15 is 0 Å². The first-order valence-corrected chi connectivity index (χ1v) is 28.0. The quantitative estimate of drug-likeness (QED) is 0.0403. The molecule has 0 saturated heterocycles. The summed E-state index contributed by atoms with van der Waals surface area (Å²) in [5, 5.41) is 13.2. The Kier molecular flexibility index (Phi) is 44.6. The topological polar surface area (TPSA) is 131 Å². The van der Waals surface area contributed by atoms with Gasteiger partial charge in [0.25, 0.3) is 0 Å².